The van der Waals surface area contributed by atoms with Crippen molar-refractivity contribution in [3.63, 3.8) is 0 Å². The number of rotatable bonds is 4. The van der Waals surface area contributed by atoms with Crippen LogP contribution in [0.4, 0.5) is 5.69 Å². The monoisotopic (exact) mass is 412 g/mol. The van der Waals surface area contributed by atoms with Crippen molar-refractivity contribution in [2.45, 2.75) is 25.7 Å². The van der Waals surface area contributed by atoms with Crippen LogP contribution in [0.5, 0.6) is 11.5 Å². The summed E-state index contributed by atoms with van der Waals surface area (Å²) >= 11 is 0. The summed E-state index contributed by atoms with van der Waals surface area (Å²) in [5, 5.41) is 8.49. The van der Waals surface area contributed by atoms with E-state index in [1.54, 1.807) is 12.1 Å². The lowest BCUT2D eigenvalue weighted by Crippen LogP contribution is -2.13. The summed E-state index contributed by atoms with van der Waals surface area (Å²) in [7, 11) is 0. The van der Waals surface area contributed by atoms with Crippen LogP contribution in [0.1, 0.15) is 40.5 Å². The van der Waals surface area contributed by atoms with Gasteiger partial charge in [-0.05, 0) is 50.1 Å². The van der Waals surface area contributed by atoms with Crippen LogP contribution in [0.15, 0.2) is 54.6 Å². The van der Waals surface area contributed by atoms with Crippen LogP contribution < -0.4 is 14.8 Å². The minimum atomic E-state index is -0.191. The molecule has 0 saturated heterocycles. The fourth-order valence-corrected chi connectivity index (χ4v) is 4.00. The number of anilines is 1. The third-order valence-corrected chi connectivity index (χ3v) is 5.70. The Morgan fingerprint density at radius 2 is 1.87 bits per heavy atom. The standard InChI is InChI=1S/C24H20N4O3/c1-14-22-18(24(29)25-16-9-10-20-21(11-16)31-13-30-20)12-19(15-7-8-15)26-23(22)28(27-14)17-5-3-2-4-6-17/h2-6,9-12,15H,7-8,13H2,1H3,(H,25,29). The molecule has 1 N–H and O–H groups in total. The van der Waals surface area contributed by atoms with Gasteiger partial charge in [0.1, 0.15) is 0 Å². The number of aryl methyl sites for hydroxylation is 1. The Balaban J connectivity index is 1.46. The fraction of sp³-hybridized carbons (Fsp3) is 0.208. The highest BCUT2D eigenvalue weighted by Gasteiger charge is 2.29. The maximum atomic E-state index is 13.4. The third-order valence-electron chi connectivity index (χ3n) is 5.70. The molecule has 154 valence electrons. The van der Waals surface area contributed by atoms with E-state index in [0.717, 1.165) is 35.3 Å². The molecule has 31 heavy (non-hydrogen) atoms. The number of carbonyl (C=O) groups is 1. The van der Waals surface area contributed by atoms with Gasteiger partial charge >= 0.3 is 0 Å². The van der Waals surface area contributed by atoms with Gasteiger partial charge in [-0.3, -0.25) is 4.79 Å². The van der Waals surface area contributed by atoms with Crippen LogP contribution in [-0.2, 0) is 0 Å². The quantitative estimate of drug-likeness (QED) is 0.531. The summed E-state index contributed by atoms with van der Waals surface area (Å²) in [6.45, 7) is 2.11. The Morgan fingerprint density at radius 1 is 1.06 bits per heavy atom. The van der Waals surface area contributed by atoms with Gasteiger partial charge in [-0.15, -0.1) is 0 Å². The highest BCUT2D eigenvalue weighted by Crippen LogP contribution is 2.41. The lowest BCUT2D eigenvalue weighted by molar-refractivity contribution is 0.102. The number of carbonyl (C=O) groups excluding carboxylic acids is 1. The topological polar surface area (TPSA) is 78.3 Å². The van der Waals surface area contributed by atoms with Gasteiger partial charge in [-0.1, -0.05) is 18.2 Å². The van der Waals surface area contributed by atoms with Crippen molar-refractivity contribution in [1.29, 1.82) is 0 Å². The molecule has 1 aliphatic carbocycles. The van der Waals surface area contributed by atoms with Crippen molar-refractivity contribution in [3.05, 3.63) is 71.5 Å². The maximum Gasteiger partial charge on any atom is 0.256 e. The molecule has 1 saturated carbocycles. The minimum absolute atomic E-state index is 0.191. The summed E-state index contributed by atoms with van der Waals surface area (Å²) < 4.78 is 12.6. The second kappa shape index (κ2) is 6.84. The first-order valence-corrected chi connectivity index (χ1v) is 10.3. The number of hydrogen-bond acceptors (Lipinski definition) is 5. The van der Waals surface area contributed by atoms with Crippen LogP contribution in [-0.4, -0.2) is 27.5 Å². The third kappa shape index (κ3) is 3.09. The highest BCUT2D eigenvalue weighted by atomic mass is 16.7. The molecule has 0 radical (unpaired) electrons. The molecular formula is C24H20N4O3. The van der Waals surface area contributed by atoms with Crippen LogP contribution in [0, 0.1) is 6.92 Å². The molecule has 0 atom stereocenters. The van der Waals surface area contributed by atoms with Crippen LogP contribution in [0.2, 0.25) is 0 Å². The van der Waals surface area contributed by atoms with E-state index in [2.05, 4.69) is 5.32 Å². The number of para-hydroxylation sites is 1. The van der Waals surface area contributed by atoms with Crippen LogP contribution in [0.25, 0.3) is 16.7 Å². The van der Waals surface area contributed by atoms with E-state index >= 15 is 0 Å². The summed E-state index contributed by atoms with van der Waals surface area (Å²) in [6.07, 6.45) is 2.19. The van der Waals surface area contributed by atoms with E-state index in [0.29, 0.717) is 34.3 Å². The lowest BCUT2D eigenvalue weighted by Gasteiger charge is -2.10. The fourth-order valence-electron chi connectivity index (χ4n) is 4.00. The first-order valence-electron chi connectivity index (χ1n) is 10.3. The molecule has 3 heterocycles. The second-order valence-corrected chi connectivity index (χ2v) is 7.92. The Bertz CT molecular complexity index is 1330. The smallest absolute Gasteiger partial charge is 0.256 e. The zero-order valence-corrected chi connectivity index (χ0v) is 17.0. The van der Waals surface area contributed by atoms with Gasteiger partial charge in [-0.25, -0.2) is 9.67 Å². The van der Waals surface area contributed by atoms with Crippen molar-refractivity contribution in [1.82, 2.24) is 14.8 Å². The molecule has 2 aromatic carbocycles. The minimum Gasteiger partial charge on any atom is -0.454 e. The molecule has 6 rings (SSSR count). The summed E-state index contributed by atoms with van der Waals surface area (Å²) in [5.41, 5.74) is 4.58. The number of hydrogen-bond donors (Lipinski definition) is 1. The zero-order chi connectivity index (χ0) is 20.9. The summed E-state index contributed by atoms with van der Waals surface area (Å²) in [5.74, 6) is 1.52. The van der Waals surface area contributed by atoms with E-state index < -0.39 is 0 Å². The van der Waals surface area contributed by atoms with Crippen LogP contribution >= 0.6 is 0 Å². The number of fused-ring (bicyclic) bond motifs is 2. The Labute approximate surface area is 178 Å². The van der Waals surface area contributed by atoms with Gasteiger partial charge in [0.05, 0.1) is 22.3 Å². The number of amides is 1. The SMILES string of the molecule is Cc1nn(-c2ccccc2)c2nc(C3CC3)cc(C(=O)Nc3ccc4c(c3)OCO4)c12. The molecule has 4 aromatic rings. The van der Waals surface area contributed by atoms with E-state index in [9.17, 15) is 4.79 Å². The average molecular weight is 412 g/mol. The van der Waals surface area contributed by atoms with E-state index in [4.69, 9.17) is 19.6 Å². The number of nitrogens with one attached hydrogen (secondary N) is 1. The number of aromatic nitrogens is 3. The van der Waals surface area contributed by atoms with Gasteiger partial charge in [0.25, 0.3) is 5.91 Å². The van der Waals surface area contributed by atoms with Gasteiger partial charge in [0.15, 0.2) is 17.1 Å². The molecule has 7 heteroatoms. The van der Waals surface area contributed by atoms with Crippen molar-refractivity contribution in [2.75, 3.05) is 12.1 Å². The number of ether oxygens (including phenoxy) is 2. The first kappa shape index (κ1) is 17.9. The predicted octanol–water partition coefficient (Wildman–Crippen LogP) is 4.59. The van der Waals surface area contributed by atoms with Gasteiger partial charge < -0.3 is 14.8 Å². The second-order valence-electron chi connectivity index (χ2n) is 7.92. The normalized spacial score (nSPS) is 14.7. The summed E-state index contributed by atoms with van der Waals surface area (Å²) in [6, 6.07) is 17.2. The van der Waals surface area contributed by atoms with Gasteiger partial charge in [0.2, 0.25) is 6.79 Å². The molecule has 1 amide bonds. The van der Waals surface area contributed by atoms with Crippen molar-refractivity contribution < 1.29 is 14.3 Å². The number of benzene rings is 2. The molecule has 0 spiro atoms. The molecule has 7 nitrogen and oxygen atoms in total. The zero-order valence-electron chi connectivity index (χ0n) is 17.0. The molecule has 2 aliphatic rings. The predicted molar refractivity (Wildman–Crippen MR) is 116 cm³/mol. The molecule has 2 aromatic heterocycles. The summed E-state index contributed by atoms with van der Waals surface area (Å²) in [4.78, 5) is 18.3. The Hall–Kier alpha value is -3.87. The van der Waals surface area contributed by atoms with Gasteiger partial charge in [-0.2, -0.15) is 5.10 Å². The van der Waals surface area contributed by atoms with Crippen molar-refractivity contribution in [3.8, 4) is 17.2 Å². The van der Waals surface area contributed by atoms with E-state index in [1.165, 1.54) is 0 Å². The molecular weight excluding hydrogens is 392 g/mol. The molecule has 1 aliphatic heterocycles. The van der Waals surface area contributed by atoms with Gasteiger partial charge in [0, 0.05) is 23.4 Å². The van der Waals surface area contributed by atoms with E-state index in [-0.39, 0.29) is 12.7 Å². The van der Waals surface area contributed by atoms with Crippen molar-refractivity contribution in [2.24, 2.45) is 0 Å². The van der Waals surface area contributed by atoms with E-state index in [1.807, 2.05) is 54.1 Å². The lowest BCUT2D eigenvalue weighted by atomic mass is 10.1. The van der Waals surface area contributed by atoms with Crippen molar-refractivity contribution >= 4 is 22.6 Å². The first-order chi connectivity index (χ1) is 15.2. The largest absolute Gasteiger partial charge is 0.454 e. The number of pyridine rings is 1. The average Bonchev–Trinajstić information content (AvgIpc) is 3.45. The molecule has 1 fully saturated rings. The number of nitrogens with zero attached hydrogens (tertiary/aromatic N) is 3. The molecule has 0 unspecified atom stereocenters. The Kier molecular flexibility index (Phi) is 3.96. The highest BCUT2D eigenvalue weighted by molar-refractivity contribution is 6.13. The maximum absolute atomic E-state index is 13.4. The van der Waals surface area contributed by atoms with Crippen LogP contribution in [0.3, 0.4) is 0 Å². The molecule has 0 bridgehead atoms. The Morgan fingerprint density at radius 3 is 2.68 bits per heavy atom.